The third-order valence-corrected chi connectivity index (χ3v) is 3.41. The van der Waals surface area contributed by atoms with Crippen molar-refractivity contribution in [3.63, 3.8) is 0 Å². The zero-order valence-electron chi connectivity index (χ0n) is 12.4. The van der Waals surface area contributed by atoms with E-state index >= 15 is 0 Å². The van der Waals surface area contributed by atoms with Crippen LogP contribution in [0.1, 0.15) is 11.1 Å². The summed E-state index contributed by atoms with van der Waals surface area (Å²) in [6, 6.07) is 13.1. The first kappa shape index (κ1) is 16.6. The average molecular weight is 316 g/mol. The van der Waals surface area contributed by atoms with Gasteiger partial charge in [-0.05, 0) is 0 Å². The van der Waals surface area contributed by atoms with Crippen molar-refractivity contribution >= 4 is 11.4 Å². The molecule has 0 aliphatic rings. The van der Waals surface area contributed by atoms with Gasteiger partial charge >= 0.3 is 0 Å². The minimum atomic E-state index is -0.414. The molecule has 0 spiro atoms. The zero-order valence-corrected chi connectivity index (χ0v) is 12.4. The zero-order chi connectivity index (χ0) is 16.7. The molecule has 0 N–H and O–H groups in total. The van der Waals surface area contributed by atoms with Crippen LogP contribution in [-0.2, 0) is 17.6 Å². The average Bonchev–Trinajstić information content (AvgIpc) is 2.55. The summed E-state index contributed by atoms with van der Waals surface area (Å²) < 4.78 is 5.47. The van der Waals surface area contributed by atoms with Gasteiger partial charge in [-0.3, -0.25) is 20.2 Å². The van der Waals surface area contributed by atoms with Crippen LogP contribution in [-0.4, -0.2) is 23.1 Å². The molecule has 2 rings (SSSR count). The molecule has 0 radical (unpaired) electrons. The van der Waals surface area contributed by atoms with Gasteiger partial charge in [0.1, 0.15) is 0 Å². The van der Waals surface area contributed by atoms with Crippen LogP contribution in [0.2, 0.25) is 0 Å². The molecule has 0 fully saturated rings. The van der Waals surface area contributed by atoms with Crippen LogP contribution in [0.4, 0.5) is 11.4 Å². The van der Waals surface area contributed by atoms with E-state index in [9.17, 15) is 20.2 Å². The lowest BCUT2D eigenvalue weighted by molar-refractivity contribution is -0.385. The maximum Gasteiger partial charge on any atom is 0.272 e. The Balaban J connectivity index is 1.83. The number of hydrogen-bond acceptors (Lipinski definition) is 5. The van der Waals surface area contributed by atoms with Crippen molar-refractivity contribution in [1.29, 1.82) is 0 Å². The Morgan fingerprint density at radius 2 is 1.13 bits per heavy atom. The quantitative estimate of drug-likeness (QED) is 0.423. The summed E-state index contributed by atoms with van der Waals surface area (Å²) in [4.78, 5) is 21.0. The molecular formula is C16H16N2O5. The minimum absolute atomic E-state index is 0.0785. The van der Waals surface area contributed by atoms with Crippen LogP contribution in [0.25, 0.3) is 0 Å². The lowest BCUT2D eigenvalue weighted by Crippen LogP contribution is -2.05. The van der Waals surface area contributed by atoms with Crippen LogP contribution in [0, 0.1) is 20.2 Å². The van der Waals surface area contributed by atoms with Gasteiger partial charge in [0.15, 0.2) is 0 Å². The highest BCUT2D eigenvalue weighted by Crippen LogP contribution is 2.19. The second kappa shape index (κ2) is 8.00. The van der Waals surface area contributed by atoms with Crippen LogP contribution < -0.4 is 0 Å². The number of hydrogen-bond donors (Lipinski definition) is 0. The largest absolute Gasteiger partial charge is 0.381 e. The van der Waals surface area contributed by atoms with E-state index in [1.54, 1.807) is 36.4 Å². The van der Waals surface area contributed by atoms with Crippen molar-refractivity contribution in [3.05, 3.63) is 79.9 Å². The second-order valence-electron chi connectivity index (χ2n) is 4.88. The SMILES string of the molecule is O=[N+]([O-])c1ccccc1CCOCCc1ccccc1[N+](=O)[O-]. The van der Waals surface area contributed by atoms with Crippen molar-refractivity contribution in [3.8, 4) is 0 Å². The van der Waals surface area contributed by atoms with Gasteiger partial charge < -0.3 is 4.74 Å². The van der Waals surface area contributed by atoms with E-state index in [1.807, 2.05) is 0 Å². The van der Waals surface area contributed by atoms with Crippen molar-refractivity contribution < 1.29 is 14.6 Å². The Morgan fingerprint density at radius 1 is 0.739 bits per heavy atom. The summed E-state index contributed by atoms with van der Waals surface area (Å²) in [5.41, 5.74) is 1.39. The Hall–Kier alpha value is -2.80. The number of nitro groups is 2. The first-order valence-corrected chi connectivity index (χ1v) is 7.12. The van der Waals surface area contributed by atoms with Gasteiger partial charge in [0, 0.05) is 36.1 Å². The Labute approximate surface area is 132 Å². The number of rotatable bonds is 8. The highest BCUT2D eigenvalue weighted by molar-refractivity contribution is 5.40. The lowest BCUT2D eigenvalue weighted by atomic mass is 10.1. The Bertz CT molecular complexity index is 643. The molecule has 0 saturated carbocycles. The molecule has 0 aliphatic carbocycles. The summed E-state index contributed by atoms with van der Waals surface area (Å²) in [5, 5.41) is 21.8. The topological polar surface area (TPSA) is 95.5 Å². The summed E-state index contributed by atoms with van der Waals surface area (Å²) in [6.07, 6.45) is 0.849. The molecule has 2 aromatic rings. The first-order valence-electron chi connectivity index (χ1n) is 7.12. The molecule has 0 amide bonds. The standard InChI is InChI=1S/C16H16N2O5/c19-17(20)15-7-3-1-5-13(15)9-11-23-12-10-14-6-2-4-8-16(14)18(21)22/h1-8H,9-12H2. The van der Waals surface area contributed by atoms with Gasteiger partial charge in [-0.15, -0.1) is 0 Å². The maximum atomic E-state index is 10.9. The van der Waals surface area contributed by atoms with Crippen molar-refractivity contribution in [1.82, 2.24) is 0 Å². The minimum Gasteiger partial charge on any atom is -0.381 e. The molecular weight excluding hydrogens is 300 g/mol. The van der Waals surface area contributed by atoms with Gasteiger partial charge in [-0.2, -0.15) is 0 Å². The van der Waals surface area contributed by atoms with E-state index in [4.69, 9.17) is 4.74 Å². The number of nitrogens with zero attached hydrogens (tertiary/aromatic N) is 2. The van der Waals surface area contributed by atoms with Gasteiger partial charge in [-0.1, -0.05) is 36.4 Å². The molecule has 0 saturated heterocycles. The number of benzene rings is 2. The van der Waals surface area contributed by atoms with Gasteiger partial charge in [0.25, 0.3) is 11.4 Å². The smallest absolute Gasteiger partial charge is 0.272 e. The molecule has 0 heterocycles. The predicted octanol–water partition coefficient (Wildman–Crippen LogP) is 3.30. The fourth-order valence-corrected chi connectivity index (χ4v) is 2.27. The highest BCUT2D eigenvalue weighted by atomic mass is 16.6. The first-order chi connectivity index (χ1) is 11.1. The molecule has 0 bridgehead atoms. The van der Waals surface area contributed by atoms with E-state index in [1.165, 1.54) is 12.1 Å². The van der Waals surface area contributed by atoms with Crippen molar-refractivity contribution in [2.24, 2.45) is 0 Å². The van der Waals surface area contributed by atoms with E-state index in [2.05, 4.69) is 0 Å². The van der Waals surface area contributed by atoms with Crippen LogP contribution in [0.15, 0.2) is 48.5 Å². The molecule has 0 unspecified atom stereocenters. The third-order valence-electron chi connectivity index (χ3n) is 3.41. The van der Waals surface area contributed by atoms with Crippen LogP contribution in [0.3, 0.4) is 0 Å². The maximum absolute atomic E-state index is 10.9. The Kier molecular flexibility index (Phi) is 5.76. The molecule has 120 valence electrons. The van der Waals surface area contributed by atoms with E-state index in [-0.39, 0.29) is 11.4 Å². The van der Waals surface area contributed by atoms with Gasteiger partial charge in [-0.25, -0.2) is 0 Å². The fraction of sp³-hybridized carbons (Fsp3) is 0.250. The molecule has 2 aromatic carbocycles. The van der Waals surface area contributed by atoms with Gasteiger partial charge in [0.05, 0.1) is 23.1 Å². The van der Waals surface area contributed by atoms with Crippen molar-refractivity contribution in [2.45, 2.75) is 12.8 Å². The van der Waals surface area contributed by atoms with E-state index in [0.29, 0.717) is 37.2 Å². The molecule has 7 heteroatoms. The lowest BCUT2D eigenvalue weighted by Gasteiger charge is -2.06. The van der Waals surface area contributed by atoms with Gasteiger partial charge in [0.2, 0.25) is 0 Å². The number of nitro benzene ring substituents is 2. The van der Waals surface area contributed by atoms with E-state index in [0.717, 1.165) is 0 Å². The molecule has 7 nitrogen and oxygen atoms in total. The summed E-state index contributed by atoms with van der Waals surface area (Å²) >= 11 is 0. The predicted molar refractivity (Wildman–Crippen MR) is 84.4 cm³/mol. The monoisotopic (exact) mass is 316 g/mol. The summed E-state index contributed by atoms with van der Waals surface area (Å²) in [7, 11) is 0. The van der Waals surface area contributed by atoms with Crippen LogP contribution in [0.5, 0.6) is 0 Å². The number of para-hydroxylation sites is 2. The fourth-order valence-electron chi connectivity index (χ4n) is 2.27. The third kappa shape index (κ3) is 4.58. The highest BCUT2D eigenvalue weighted by Gasteiger charge is 2.13. The van der Waals surface area contributed by atoms with Crippen molar-refractivity contribution in [2.75, 3.05) is 13.2 Å². The second-order valence-corrected chi connectivity index (χ2v) is 4.88. The Morgan fingerprint density at radius 3 is 1.52 bits per heavy atom. The van der Waals surface area contributed by atoms with Crippen LogP contribution >= 0.6 is 0 Å². The normalized spacial score (nSPS) is 10.4. The molecule has 0 aliphatic heterocycles. The number of ether oxygens (including phenoxy) is 1. The summed E-state index contributed by atoms with van der Waals surface area (Å²) in [5.74, 6) is 0. The summed E-state index contributed by atoms with van der Waals surface area (Å²) in [6.45, 7) is 0.650. The molecule has 0 atom stereocenters. The molecule has 23 heavy (non-hydrogen) atoms. The molecule has 0 aromatic heterocycles. The van der Waals surface area contributed by atoms with E-state index < -0.39 is 9.85 Å².